The van der Waals surface area contributed by atoms with Crippen LogP contribution < -0.4 is 5.32 Å². The van der Waals surface area contributed by atoms with Gasteiger partial charge in [0.1, 0.15) is 5.82 Å². The fourth-order valence-electron chi connectivity index (χ4n) is 3.44. The first-order valence-corrected chi connectivity index (χ1v) is 7.65. The van der Waals surface area contributed by atoms with Crippen LogP contribution in [0.4, 0.5) is 23.4 Å². The number of rotatable bonds is 4. The summed E-state index contributed by atoms with van der Waals surface area (Å²) in [4.78, 5) is 12.0. The van der Waals surface area contributed by atoms with E-state index in [0.717, 1.165) is 0 Å². The zero-order valence-corrected chi connectivity index (χ0v) is 13.0. The number of amides is 1. The Hall–Kier alpha value is -1.60. The highest BCUT2D eigenvalue weighted by molar-refractivity contribution is 5.91. The van der Waals surface area contributed by atoms with E-state index < -0.39 is 11.8 Å². The van der Waals surface area contributed by atoms with Gasteiger partial charge < -0.3 is 5.32 Å². The SMILES string of the molecule is Cc1c(C2CC(F)(F)C2)nn(C)c1NC(=O)CC1CC(F)(F)C1. The lowest BCUT2D eigenvalue weighted by Crippen LogP contribution is -2.37. The van der Waals surface area contributed by atoms with Gasteiger partial charge >= 0.3 is 0 Å². The van der Waals surface area contributed by atoms with Crippen molar-refractivity contribution in [3.63, 3.8) is 0 Å². The van der Waals surface area contributed by atoms with Crippen LogP contribution in [0.3, 0.4) is 0 Å². The van der Waals surface area contributed by atoms with Crippen LogP contribution in [-0.2, 0) is 11.8 Å². The van der Waals surface area contributed by atoms with Crippen LogP contribution in [0.25, 0.3) is 0 Å². The highest BCUT2D eigenvalue weighted by Crippen LogP contribution is 2.49. The second-order valence-corrected chi connectivity index (χ2v) is 6.83. The molecule has 8 heteroatoms. The van der Waals surface area contributed by atoms with E-state index in [4.69, 9.17) is 0 Å². The molecule has 1 aromatic heterocycles. The van der Waals surface area contributed by atoms with Gasteiger partial charge in [-0.3, -0.25) is 9.48 Å². The summed E-state index contributed by atoms with van der Waals surface area (Å²) in [7, 11) is 1.63. The molecular formula is C15H19F4N3O. The van der Waals surface area contributed by atoms with Gasteiger partial charge in [-0.25, -0.2) is 17.6 Å². The third-order valence-corrected chi connectivity index (χ3v) is 4.70. The molecule has 2 fully saturated rings. The number of carbonyl (C=O) groups is 1. The smallest absolute Gasteiger partial charge is 0.249 e. The third kappa shape index (κ3) is 3.21. The van der Waals surface area contributed by atoms with Gasteiger partial charge in [-0.2, -0.15) is 5.10 Å². The topological polar surface area (TPSA) is 46.9 Å². The molecule has 0 aromatic carbocycles. The highest BCUT2D eigenvalue weighted by Gasteiger charge is 2.48. The summed E-state index contributed by atoms with van der Waals surface area (Å²) in [5.74, 6) is -5.77. The summed E-state index contributed by atoms with van der Waals surface area (Å²) in [6, 6.07) is 0. The Morgan fingerprint density at radius 3 is 2.30 bits per heavy atom. The predicted octanol–water partition coefficient (Wildman–Crippen LogP) is 3.62. The predicted molar refractivity (Wildman–Crippen MR) is 75.8 cm³/mol. The minimum atomic E-state index is -2.64. The lowest BCUT2D eigenvalue weighted by molar-refractivity contribution is -0.129. The number of aryl methyl sites for hydroxylation is 1. The second-order valence-electron chi connectivity index (χ2n) is 6.83. The molecule has 0 bridgehead atoms. The van der Waals surface area contributed by atoms with E-state index in [1.807, 2.05) is 0 Å². The van der Waals surface area contributed by atoms with Gasteiger partial charge in [0, 0.05) is 50.6 Å². The van der Waals surface area contributed by atoms with Gasteiger partial charge in [0.05, 0.1) is 5.69 Å². The Morgan fingerprint density at radius 2 is 1.78 bits per heavy atom. The maximum Gasteiger partial charge on any atom is 0.249 e. The van der Waals surface area contributed by atoms with Gasteiger partial charge in [0.15, 0.2) is 0 Å². The molecule has 0 aliphatic heterocycles. The molecule has 1 amide bonds. The number of hydrogen-bond donors (Lipinski definition) is 1. The van der Waals surface area contributed by atoms with Crippen LogP contribution in [0, 0.1) is 12.8 Å². The van der Waals surface area contributed by atoms with Crippen molar-refractivity contribution in [2.45, 2.75) is 56.8 Å². The average molecular weight is 333 g/mol. The van der Waals surface area contributed by atoms with Crippen molar-refractivity contribution in [1.82, 2.24) is 9.78 Å². The summed E-state index contributed by atoms with van der Waals surface area (Å²) < 4.78 is 53.0. The Morgan fingerprint density at radius 1 is 1.22 bits per heavy atom. The highest BCUT2D eigenvalue weighted by atomic mass is 19.3. The fraction of sp³-hybridized carbons (Fsp3) is 0.733. The van der Waals surface area contributed by atoms with Crippen molar-refractivity contribution in [3.05, 3.63) is 11.3 Å². The number of carbonyl (C=O) groups excluding carboxylic acids is 1. The molecule has 0 atom stereocenters. The molecule has 0 unspecified atom stereocenters. The minimum absolute atomic E-state index is 0.0387. The van der Waals surface area contributed by atoms with Crippen LogP contribution in [0.5, 0.6) is 0 Å². The Labute approximate surface area is 131 Å². The zero-order chi connectivity index (χ0) is 17.0. The minimum Gasteiger partial charge on any atom is -0.311 e. The van der Waals surface area contributed by atoms with E-state index in [1.54, 1.807) is 14.0 Å². The summed E-state index contributed by atoms with van der Waals surface area (Å²) >= 11 is 0. The first-order valence-electron chi connectivity index (χ1n) is 7.65. The molecule has 1 aromatic rings. The molecule has 4 nitrogen and oxygen atoms in total. The van der Waals surface area contributed by atoms with E-state index in [1.165, 1.54) is 4.68 Å². The summed E-state index contributed by atoms with van der Waals surface area (Å²) in [6.45, 7) is 1.73. The van der Waals surface area contributed by atoms with Crippen molar-refractivity contribution in [1.29, 1.82) is 0 Å². The Balaban J connectivity index is 1.62. The van der Waals surface area contributed by atoms with Crippen molar-refractivity contribution in [2.24, 2.45) is 13.0 Å². The number of halogens is 4. The lowest BCUT2D eigenvalue weighted by atomic mass is 9.78. The molecular weight excluding hydrogens is 314 g/mol. The van der Waals surface area contributed by atoms with E-state index in [-0.39, 0.29) is 49.8 Å². The van der Waals surface area contributed by atoms with Gasteiger partial charge in [-0.05, 0) is 12.8 Å². The first kappa shape index (κ1) is 16.3. The number of nitrogens with zero attached hydrogens (tertiary/aromatic N) is 2. The van der Waals surface area contributed by atoms with Crippen molar-refractivity contribution >= 4 is 11.7 Å². The van der Waals surface area contributed by atoms with Gasteiger partial charge in [0.25, 0.3) is 0 Å². The second kappa shape index (κ2) is 5.21. The van der Waals surface area contributed by atoms with E-state index >= 15 is 0 Å². The molecule has 0 saturated heterocycles. The lowest BCUT2D eigenvalue weighted by Gasteiger charge is -2.34. The van der Waals surface area contributed by atoms with Crippen LogP contribution in [0.2, 0.25) is 0 Å². The quantitative estimate of drug-likeness (QED) is 0.856. The molecule has 3 rings (SSSR count). The monoisotopic (exact) mass is 333 g/mol. The van der Waals surface area contributed by atoms with E-state index in [9.17, 15) is 22.4 Å². The van der Waals surface area contributed by atoms with Gasteiger partial charge in [-0.1, -0.05) is 0 Å². The molecule has 2 aliphatic rings. The summed E-state index contributed by atoms with van der Waals surface area (Å²) in [6.07, 6.45) is -0.928. The Bertz CT molecular complexity index is 625. The summed E-state index contributed by atoms with van der Waals surface area (Å²) in [5.41, 5.74) is 1.24. The maximum absolute atomic E-state index is 13.0. The standard InChI is InChI=1S/C15H19F4N3O/c1-8-12(10-6-15(18,19)7-10)21-22(2)13(8)20-11(23)3-9-4-14(16,17)5-9/h9-10H,3-7H2,1-2H3,(H,20,23). The van der Waals surface area contributed by atoms with Gasteiger partial charge in [-0.15, -0.1) is 0 Å². The zero-order valence-electron chi connectivity index (χ0n) is 13.0. The van der Waals surface area contributed by atoms with Crippen molar-refractivity contribution in [2.75, 3.05) is 5.32 Å². The van der Waals surface area contributed by atoms with Crippen LogP contribution >= 0.6 is 0 Å². The summed E-state index contributed by atoms with van der Waals surface area (Å²) in [5, 5.41) is 6.91. The van der Waals surface area contributed by atoms with E-state index in [2.05, 4.69) is 10.4 Å². The molecule has 0 spiro atoms. The third-order valence-electron chi connectivity index (χ3n) is 4.70. The molecule has 1 N–H and O–H groups in total. The molecule has 0 radical (unpaired) electrons. The van der Waals surface area contributed by atoms with Crippen molar-refractivity contribution < 1.29 is 22.4 Å². The van der Waals surface area contributed by atoms with Crippen LogP contribution in [0.1, 0.15) is 49.3 Å². The molecule has 23 heavy (non-hydrogen) atoms. The number of aromatic nitrogens is 2. The molecule has 128 valence electrons. The number of anilines is 1. The number of hydrogen-bond acceptors (Lipinski definition) is 2. The molecule has 1 heterocycles. The first-order chi connectivity index (χ1) is 10.6. The normalized spacial score (nSPS) is 23.2. The van der Waals surface area contributed by atoms with Crippen LogP contribution in [0.15, 0.2) is 0 Å². The number of alkyl halides is 4. The maximum atomic E-state index is 13.0. The fourth-order valence-corrected chi connectivity index (χ4v) is 3.44. The van der Waals surface area contributed by atoms with Gasteiger partial charge in [0.2, 0.25) is 17.8 Å². The average Bonchev–Trinajstić information content (AvgIpc) is 2.61. The number of nitrogens with one attached hydrogen (secondary N) is 1. The van der Waals surface area contributed by atoms with Crippen LogP contribution in [-0.4, -0.2) is 27.5 Å². The van der Waals surface area contributed by atoms with E-state index in [0.29, 0.717) is 17.1 Å². The van der Waals surface area contributed by atoms with Crippen molar-refractivity contribution in [3.8, 4) is 0 Å². The largest absolute Gasteiger partial charge is 0.311 e. The molecule has 2 saturated carbocycles. The Kier molecular flexibility index (Phi) is 3.68. The molecule has 2 aliphatic carbocycles.